The molecule has 9 heteroatoms. The molecule has 3 aromatic rings. The molecular weight excluding hydrogens is 396 g/mol. The van der Waals surface area contributed by atoms with E-state index in [1.807, 2.05) is 0 Å². The highest BCUT2D eigenvalue weighted by atomic mass is 35.5. The molecule has 0 saturated carbocycles. The van der Waals surface area contributed by atoms with E-state index in [0.29, 0.717) is 33.2 Å². The molecule has 148 valence electrons. The zero-order valence-electron chi connectivity index (χ0n) is 15.3. The number of aliphatic hydroxyl groups excluding tert-OH is 1. The Morgan fingerprint density at radius 1 is 1.07 bits per heavy atom. The normalized spacial score (nSPS) is 10.4. The molecule has 0 spiro atoms. The van der Waals surface area contributed by atoms with Crippen molar-refractivity contribution in [2.45, 2.75) is 6.92 Å². The van der Waals surface area contributed by atoms with Gasteiger partial charge in [0.15, 0.2) is 0 Å². The van der Waals surface area contributed by atoms with E-state index in [2.05, 4.69) is 20.6 Å². The first-order valence-electron chi connectivity index (χ1n) is 8.56. The van der Waals surface area contributed by atoms with E-state index in [1.165, 1.54) is 0 Å². The molecule has 0 atom stereocenters. The lowest BCUT2D eigenvalue weighted by atomic mass is 10.1. The van der Waals surface area contributed by atoms with Gasteiger partial charge in [0.05, 0.1) is 5.69 Å². The largest absolute Gasteiger partial charge is 0.388 e. The first-order valence-corrected chi connectivity index (χ1v) is 8.94. The molecular formula is C20H17ClN4O4. The summed E-state index contributed by atoms with van der Waals surface area (Å²) in [5.74, 6) is -1.57. The Hall–Kier alpha value is -3.49. The van der Waals surface area contributed by atoms with Gasteiger partial charge in [0.25, 0.3) is 11.5 Å². The van der Waals surface area contributed by atoms with Crippen molar-refractivity contribution in [1.29, 1.82) is 0 Å². The Morgan fingerprint density at radius 2 is 1.69 bits per heavy atom. The minimum absolute atomic E-state index is 0.267. The summed E-state index contributed by atoms with van der Waals surface area (Å²) in [7, 11) is 0. The van der Waals surface area contributed by atoms with Gasteiger partial charge in [-0.15, -0.1) is 0 Å². The summed E-state index contributed by atoms with van der Waals surface area (Å²) < 4.78 is 0. The van der Waals surface area contributed by atoms with Crippen LogP contribution in [0.4, 0.5) is 17.3 Å². The molecule has 0 bridgehead atoms. The molecule has 8 nitrogen and oxygen atoms in total. The number of Topliss-reactive ketones (excluding diaryl/α,β-unsaturated/α-hetero) is 1. The van der Waals surface area contributed by atoms with E-state index in [4.69, 9.17) is 16.7 Å². The Bertz CT molecular complexity index is 1110. The smallest absolute Gasteiger partial charge is 0.294 e. The highest BCUT2D eigenvalue weighted by Crippen LogP contribution is 2.23. The molecule has 1 amide bonds. The van der Waals surface area contributed by atoms with Gasteiger partial charge in [-0.3, -0.25) is 19.4 Å². The summed E-state index contributed by atoms with van der Waals surface area (Å²) in [5.41, 5.74) is 2.34. The second-order valence-electron chi connectivity index (χ2n) is 6.13. The van der Waals surface area contributed by atoms with Crippen molar-refractivity contribution < 1.29 is 14.7 Å². The fourth-order valence-electron chi connectivity index (χ4n) is 2.53. The number of amides is 1. The SMILES string of the molecule is Cc1c(-c2ccc(NC(=O)C(=O)CO)cc2)nc(Nc2ccc(Cl)cc2)[nH]c1=O. The van der Waals surface area contributed by atoms with Crippen LogP contribution in [-0.4, -0.2) is 33.4 Å². The van der Waals surface area contributed by atoms with E-state index in [9.17, 15) is 14.4 Å². The maximum Gasteiger partial charge on any atom is 0.294 e. The topological polar surface area (TPSA) is 124 Å². The van der Waals surface area contributed by atoms with Crippen LogP contribution in [0.1, 0.15) is 5.56 Å². The molecule has 29 heavy (non-hydrogen) atoms. The van der Waals surface area contributed by atoms with Crippen molar-refractivity contribution in [3.63, 3.8) is 0 Å². The number of aromatic nitrogens is 2. The lowest BCUT2D eigenvalue weighted by Crippen LogP contribution is -2.25. The van der Waals surface area contributed by atoms with E-state index in [0.717, 1.165) is 0 Å². The number of nitrogens with zero attached hydrogens (tertiary/aromatic N) is 1. The quantitative estimate of drug-likeness (QED) is 0.461. The van der Waals surface area contributed by atoms with Gasteiger partial charge in [0.1, 0.15) is 6.61 Å². The number of aromatic amines is 1. The van der Waals surface area contributed by atoms with Crippen molar-refractivity contribution in [3.8, 4) is 11.3 Å². The number of carbonyl (C=O) groups is 2. The Labute approximate surface area is 170 Å². The summed E-state index contributed by atoms with van der Waals surface area (Å²) in [4.78, 5) is 42.2. The third-order valence-corrected chi connectivity index (χ3v) is 4.32. The lowest BCUT2D eigenvalue weighted by molar-refractivity contribution is -0.136. The Kier molecular flexibility index (Phi) is 6.06. The number of benzene rings is 2. The molecule has 1 heterocycles. The highest BCUT2D eigenvalue weighted by Gasteiger charge is 2.13. The van der Waals surface area contributed by atoms with Crippen molar-refractivity contribution >= 4 is 40.6 Å². The molecule has 0 fully saturated rings. The van der Waals surface area contributed by atoms with Crippen molar-refractivity contribution in [2.24, 2.45) is 0 Å². The van der Waals surface area contributed by atoms with Crippen LogP contribution in [-0.2, 0) is 9.59 Å². The van der Waals surface area contributed by atoms with E-state index >= 15 is 0 Å². The summed E-state index contributed by atoms with van der Waals surface area (Å²) in [6.07, 6.45) is 0. The van der Waals surface area contributed by atoms with Gasteiger partial charge < -0.3 is 15.7 Å². The molecule has 0 saturated heterocycles. The minimum atomic E-state index is -0.931. The molecule has 0 aliphatic heterocycles. The fraction of sp³-hybridized carbons (Fsp3) is 0.100. The number of nitrogens with one attached hydrogen (secondary N) is 3. The number of hydrogen-bond acceptors (Lipinski definition) is 6. The third kappa shape index (κ3) is 4.87. The second-order valence-corrected chi connectivity index (χ2v) is 6.57. The van der Waals surface area contributed by atoms with Crippen LogP contribution in [0.25, 0.3) is 11.3 Å². The molecule has 0 aliphatic rings. The molecule has 3 rings (SSSR count). The van der Waals surface area contributed by atoms with E-state index in [-0.39, 0.29) is 11.5 Å². The van der Waals surface area contributed by atoms with Gasteiger partial charge in [-0.25, -0.2) is 4.98 Å². The fourth-order valence-corrected chi connectivity index (χ4v) is 2.65. The monoisotopic (exact) mass is 412 g/mol. The first kappa shape index (κ1) is 20.2. The first-order chi connectivity index (χ1) is 13.9. The number of rotatable bonds is 6. The maximum absolute atomic E-state index is 12.3. The zero-order valence-corrected chi connectivity index (χ0v) is 16.1. The van der Waals surface area contributed by atoms with Gasteiger partial charge in [-0.05, 0) is 43.3 Å². The number of H-pyrrole nitrogens is 1. The van der Waals surface area contributed by atoms with Crippen molar-refractivity contribution in [1.82, 2.24) is 9.97 Å². The highest BCUT2D eigenvalue weighted by molar-refractivity contribution is 6.41. The standard InChI is InChI=1S/C20H17ClN4O4/c1-11-17(12-2-6-14(7-3-12)22-19(29)16(27)10-26)24-20(25-18(11)28)23-15-8-4-13(21)5-9-15/h2-9,26H,10H2,1H3,(H,22,29)(H2,23,24,25,28). The average Bonchev–Trinajstić information content (AvgIpc) is 2.72. The lowest BCUT2D eigenvalue weighted by Gasteiger charge is -2.10. The predicted molar refractivity (Wildman–Crippen MR) is 110 cm³/mol. The van der Waals surface area contributed by atoms with Gasteiger partial charge in [-0.2, -0.15) is 0 Å². The number of hydrogen-bond donors (Lipinski definition) is 4. The van der Waals surface area contributed by atoms with Crippen LogP contribution in [0.3, 0.4) is 0 Å². The molecule has 0 aliphatic carbocycles. The summed E-state index contributed by atoms with van der Waals surface area (Å²) in [6.45, 7) is 0.798. The van der Waals surface area contributed by atoms with Crippen LogP contribution in [0, 0.1) is 6.92 Å². The van der Waals surface area contributed by atoms with Gasteiger partial charge in [0.2, 0.25) is 11.7 Å². The van der Waals surface area contributed by atoms with E-state index < -0.39 is 18.3 Å². The average molecular weight is 413 g/mol. The Balaban J connectivity index is 1.87. The van der Waals surface area contributed by atoms with Gasteiger partial charge in [0, 0.05) is 27.5 Å². The second kappa shape index (κ2) is 8.68. The number of carbonyl (C=O) groups excluding carboxylic acids is 2. The number of anilines is 3. The predicted octanol–water partition coefficient (Wildman–Crippen LogP) is 2.64. The molecule has 4 N–H and O–H groups in total. The van der Waals surface area contributed by atoms with Gasteiger partial charge >= 0.3 is 0 Å². The van der Waals surface area contributed by atoms with Crippen LogP contribution in [0.15, 0.2) is 53.3 Å². The number of ketones is 1. The van der Waals surface area contributed by atoms with Crippen LogP contribution in [0.2, 0.25) is 5.02 Å². The van der Waals surface area contributed by atoms with Crippen molar-refractivity contribution in [2.75, 3.05) is 17.2 Å². The molecule has 0 radical (unpaired) electrons. The third-order valence-electron chi connectivity index (χ3n) is 4.07. The van der Waals surface area contributed by atoms with Crippen LogP contribution >= 0.6 is 11.6 Å². The molecule has 2 aromatic carbocycles. The molecule has 0 unspecified atom stereocenters. The number of aliphatic hydroxyl groups is 1. The van der Waals surface area contributed by atoms with Crippen LogP contribution in [0.5, 0.6) is 0 Å². The molecule has 1 aromatic heterocycles. The number of halogens is 1. The summed E-state index contributed by atoms with van der Waals surface area (Å²) in [5, 5.41) is 14.7. The van der Waals surface area contributed by atoms with Gasteiger partial charge in [-0.1, -0.05) is 23.7 Å². The maximum atomic E-state index is 12.3. The minimum Gasteiger partial charge on any atom is -0.388 e. The summed E-state index contributed by atoms with van der Waals surface area (Å²) in [6, 6.07) is 13.4. The Morgan fingerprint density at radius 3 is 2.31 bits per heavy atom. The van der Waals surface area contributed by atoms with E-state index in [1.54, 1.807) is 55.5 Å². The summed E-state index contributed by atoms with van der Waals surface area (Å²) >= 11 is 5.88. The van der Waals surface area contributed by atoms with Crippen molar-refractivity contribution in [3.05, 3.63) is 69.5 Å². The van der Waals surface area contributed by atoms with Crippen LogP contribution < -0.4 is 16.2 Å². The zero-order chi connectivity index (χ0) is 21.0.